The molecule has 1 N–H and O–H groups in total. The number of hydrogen-bond acceptors (Lipinski definition) is 3. The number of nitrogens with zero attached hydrogens (tertiary/aromatic N) is 1. The first-order chi connectivity index (χ1) is 7.29. The van der Waals surface area contributed by atoms with Crippen molar-refractivity contribution in [1.29, 1.82) is 0 Å². The Bertz CT molecular complexity index is 359. The fourth-order valence-electron chi connectivity index (χ4n) is 2.12. The van der Waals surface area contributed by atoms with Crippen LogP contribution in [-0.2, 0) is 0 Å². The summed E-state index contributed by atoms with van der Waals surface area (Å²) in [5.41, 5.74) is 1.13. The minimum atomic E-state index is -0.288. The lowest BCUT2D eigenvalue weighted by atomic mass is 9.90. The SMILES string of the molecule is O=[N+]([O-])c1ccccc1C1CCCNC1. The monoisotopic (exact) mass is 206 g/mol. The number of rotatable bonds is 2. The highest BCUT2D eigenvalue weighted by molar-refractivity contribution is 5.42. The van der Waals surface area contributed by atoms with E-state index in [4.69, 9.17) is 0 Å². The second-order valence-electron chi connectivity index (χ2n) is 3.86. The van der Waals surface area contributed by atoms with E-state index in [0.29, 0.717) is 5.92 Å². The Labute approximate surface area is 88.5 Å². The molecular formula is C11H14N2O2. The number of hydrogen-bond donors (Lipinski definition) is 1. The van der Waals surface area contributed by atoms with Crippen molar-refractivity contribution in [3.63, 3.8) is 0 Å². The molecule has 4 nitrogen and oxygen atoms in total. The summed E-state index contributed by atoms with van der Waals surface area (Å²) in [5.74, 6) is 0.292. The van der Waals surface area contributed by atoms with Gasteiger partial charge in [-0.2, -0.15) is 0 Å². The second-order valence-corrected chi connectivity index (χ2v) is 3.86. The molecule has 0 aromatic heterocycles. The van der Waals surface area contributed by atoms with Crippen molar-refractivity contribution >= 4 is 5.69 Å². The van der Waals surface area contributed by atoms with Crippen LogP contribution in [0.25, 0.3) is 0 Å². The van der Waals surface area contributed by atoms with Crippen molar-refractivity contribution in [3.8, 4) is 0 Å². The van der Waals surface area contributed by atoms with E-state index in [2.05, 4.69) is 5.32 Å². The van der Waals surface area contributed by atoms with Crippen molar-refractivity contribution in [2.24, 2.45) is 0 Å². The zero-order chi connectivity index (χ0) is 10.7. The van der Waals surface area contributed by atoms with Gasteiger partial charge in [0.1, 0.15) is 0 Å². The number of para-hydroxylation sites is 1. The van der Waals surface area contributed by atoms with Gasteiger partial charge in [-0.05, 0) is 19.4 Å². The number of nitro groups is 1. The minimum Gasteiger partial charge on any atom is -0.316 e. The standard InChI is InChI=1S/C11H14N2O2/c14-13(15)11-6-2-1-5-10(11)9-4-3-7-12-8-9/h1-2,5-6,9,12H,3-4,7-8H2. The summed E-state index contributed by atoms with van der Waals surface area (Å²) >= 11 is 0. The van der Waals surface area contributed by atoms with Crippen molar-refractivity contribution in [2.45, 2.75) is 18.8 Å². The topological polar surface area (TPSA) is 55.2 Å². The van der Waals surface area contributed by atoms with Crippen molar-refractivity contribution in [1.82, 2.24) is 5.32 Å². The maximum atomic E-state index is 10.8. The fraction of sp³-hybridized carbons (Fsp3) is 0.455. The lowest BCUT2D eigenvalue weighted by Crippen LogP contribution is -2.28. The van der Waals surface area contributed by atoms with E-state index >= 15 is 0 Å². The lowest BCUT2D eigenvalue weighted by molar-refractivity contribution is -0.385. The molecule has 0 saturated carbocycles. The first kappa shape index (κ1) is 10.1. The van der Waals surface area contributed by atoms with Gasteiger partial charge in [-0.3, -0.25) is 10.1 Å². The van der Waals surface area contributed by atoms with Crippen molar-refractivity contribution < 1.29 is 4.92 Å². The van der Waals surface area contributed by atoms with Gasteiger partial charge in [0.15, 0.2) is 0 Å². The number of piperidine rings is 1. The van der Waals surface area contributed by atoms with Gasteiger partial charge in [0.25, 0.3) is 5.69 Å². The number of benzene rings is 1. The van der Waals surface area contributed by atoms with Crippen LogP contribution in [0.4, 0.5) is 5.69 Å². The van der Waals surface area contributed by atoms with E-state index in [1.54, 1.807) is 12.1 Å². The normalized spacial score (nSPS) is 21.2. The van der Waals surface area contributed by atoms with E-state index in [1.165, 1.54) is 0 Å². The van der Waals surface area contributed by atoms with Crippen LogP contribution in [0.1, 0.15) is 24.3 Å². The minimum absolute atomic E-state index is 0.256. The largest absolute Gasteiger partial charge is 0.316 e. The summed E-state index contributed by atoms with van der Waals surface area (Å²) in [7, 11) is 0. The quantitative estimate of drug-likeness (QED) is 0.595. The molecule has 1 fully saturated rings. The Morgan fingerprint density at radius 2 is 2.20 bits per heavy atom. The summed E-state index contributed by atoms with van der Waals surface area (Å²) in [4.78, 5) is 10.6. The Balaban J connectivity index is 2.29. The first-order valence-corrected chi connectivity index (χ1v) is 5.23. The molecule has 15 heavy (non-hydrogen) atoms. The van der Waals surface area contributed by atoms with Gasteiger partial charge in [-0.1, -0.05) is 18.2 Å². The Kier molecular flexibility index (Phi) is 2.97. The van der Waals surface area contributed by atoms with Gasteiger partial charge in [0, 0.05) is 24.1 Å². The van der Waals surface area contributed by atoms with Crippen molar-refractivity contribution in [2.75, 3.05) is 13.1 Å². The molecule has 0 aliphatic carbocycles. The molecule has 0 spiro atoms. The summed E-state index contributed by atoms with van der Waals surface area (Å²) < 4.78 is 0. The van der Waals surface area contributed by atoms with Crippen LogP contribution in [0, 0.1) is 10.1 Å². The zero-order valence-corrected chi connectivity index (χ0v) is 8.48. The summed E-state index contributed by atoms with van der Waals surface area (Å²) in [6, 6.07) is 7.05. The summed E-state index contributed by atoms with van der Waals surface area (Å²) in [5, 5.41) is 14.1. The van der Waals surface area contributed by atoms with Gasteiger partial charge < -0.3 is 5.32 Å². The molecule has 1 atom stereocenters. The maximum absolute atomic E-state index is 10.8. The Morgan fingerprint density at radius 1 is 1.40 bits per heavy atom. The highest BCUT2D eigenvalue weighted by Gasteiger charge is 2.22. The van der Waals surface area contributed by atoms with Crippen LogP contribution >= 0.6 is 0 Å². The zero-order valence-electron chi connectivity index (χ0n) is 8.48. The second kappa shape index (κ2) is 4.40. The van der Waals surface area contributed by atoms with E-state index in [-0.39, 0.29) is 10.6 Å². The third kappa shape index (κ3) is 2.15. The molecule has 1 aliphatic rings. The van der Waals surface area contributed by atoms with Gasteiger partial charge in [0.2, 0.25) is 0 Å². The Morgan fingerprint density at radius 3 is 2.87 bits per heavy atom. The molecule has 80 valence electrons. The fourth-order valence-corrected chi connectivity index (χ4v) is 2.12. The average Bonchev–Trinajstić information content (AvgIpc) is 2.30. The van der Waals surface area contributed by atoms with E-state index in [1.807, 2.05) is 12.1 Å². The van der Waals surface area contributed by atoms with E-state index < -0.39 is 0 Å². The molecule has 1 heterocycles. The van der Waals surface area contributed by atoms with Gasteiger partial charge in [-0.15, -0.1) is 0 Å². The van der Waals surface area contributed by atoms with Crippen LogP contribution in [-0.4, -0.2) is 18.0 Å². The average molecular weight is 206 g/mol. The van der Waals surface area contributed by atoms with Gasteiger partial charge in [0.05, 0.1) is 4.92 Å². The van der Waals surface area contributed by atoms with E-state index in [9.17, 15) is 10.1 Å². The first-order valence-electron chi connectivity index (χ1n) is 5.23. The highest BCUT2D eigenvalue weighted by atomic mass is 16.6. The Hall–Kier alpha value is -1.42. The molecule has 1 aromatic carbocycles. The highest BCUT2D eigenvalue weighted by Crippen LogP contribution is 2.30. The molecular weight excluding hydrogens is 192 g/mol. The van der Waals surface area contributed by atoms with E-state index in [0.717, 1.165) is 31.5 Å². The summed E-state index contributed by atoms with van der Waals surface area (Å²) in [6.07, 6.45) is 2.13. The number of nitro benzene ring substituents is 1. The number of nitrogens with one attached hydrogen (secondary N) is 1. The molecule has 1 saturated heterocycles. The maximum Gasteiger partial charge on any atom is 0.272 e. The predicted molar refractivity (Wildman–Crippen MR) is 57.9 cm³/mol. The molecule has 2 rings (SSSR count). The third-order valence-corrected chi connectivity index (χ3v) is 2.87. The van der Waals surface area contributed by atoms with Gasteiger partial charge >= 0.3 is 0 Å². The van der Waals surface area contributed by atoms with Crippen LogP contribution < -0.4 is 5.32 Å². The molecule has 0 amide bonds. The molecule has 1 aromatic rings. The van der Waals surface area contributed by atoms with Gasteiger partial charge in [-0.25, -0.2) is 0 Å². The van der Waals surface area contributed by atoms with Crippen LogP contribution in [0.3, 0.4) is 0 Å². The van der Waals surface area contributed by atoms with Crippen molar-refractivity contribution in [3.05, 3.63) is 39.9 Å². The third-order valence-electron chi connectivity index (χ3n) is 2.87. The van der Waals surface area contributed by atoms with Crippen LogP contribution in [0.2, 0.25) is 0 Å². The lowest BCUT2D eigenvalue weighted by Gasteiger charge is -2.22. The predicted octanol–water partition coefficient (Wildman–Crippen LogP) is 2.06. The summed E-state index contributed by atoms with van der Waals surface area (Å²) in [6.45, 7) is 1.88. The molecule has 0 bridgehead atoms. The molecule has 4 heteroatoms. The molecule has 1 unspecified atom stereocenters. The van der Waals surface area contributed by atoms with Crippen LogP contribution in [0.15, 0.2) is 24.3 Å². The van der Waals surface area contributed by atoms with Crippen LogP contribution in [0.5, 0.6) is 0 Å². The smallest absolute Gasteiger partial charge is 0.272 e. The molecule has 0 radical (unpaired) electrons. The molecule has 1 aliphatic heterocycles.